The van der Waals surface area contributed by atoms with E-state index in [0.717, 1.165) is 19.6 Å². The fourth-order valence-corrected chi connectivity index (χ4v) is 4.04. The van der Waals surface area contributed by atoms with E-state index in [9.17, 15) is 19.7 Å². The molecule has 9 heteroatoms. The minimum absolute atomic E-state index is 0.100. The van der Waals surface area contributed by atoms with E-state index in [1.165, 1.54) is 23.6 Å². The normalized spacial score (nSPS) is 14.0. The van der Waals surface area contributed by atoms with Gasteiger partial charge in [0.05, 0.1) is 29.1 Å². The van der Waals surface area contributed by atoms with Crippen molar-refractivity contribution in [1.82, 2.24) is 20.0 Å². The fourth-order valence-electron chi connectivity index (χ4n) is 4.04. The summed E-state index contributed by atoms with van der Waals surface area (Å²) in [5, 5.41) is 19.7. The second-order valence-corrected chi connectivity index (χ2v) is 8.01. The van der Waals surface area contributed by atoms with Crippen LogP contribution in [0.4, 0.5) is 5.69 Å². The number of hydrogen-bond acceptors (Lipinski definition) is 6. The van der Waals surface area contributed by atoms with Crippen LogP contribution in [-0.2, 0) is 13.1 Å². The predicted molar refractivity (Wildman–Crippen MR) is 121 cm³/mol. The Morgan fingerprint density at radius 3 is 2.56 bits per heavy atom. The summed E-state index contributed by atoms with van der Waals surface area (Å²) in [6.07, 6.45) is 2.35. The molecule has 0 unspecified atom stereocenters. The lowest BCUT2D eigenvalue weighted by Crippen LogP contribution is -2.32. The van der Waals surface area contributed by atoms with Crippen molar-refractivity contribution in [3.63, 3.8) is 0 Å². The van der Waals surface area contributed by atoms with E-state index in [1.807, 2.05) is 18.2 Å². The van der Waals surface area contributed by atoms with Crippen molar-refractivity contribution >= 4 is 22.4 Å². The van der Waals surface area contributed by atoms with Crippen LogP contribution < -0.4 is 10.9 Å². The summed E-state index contributed by atoms with van der Waals surface area (Å²) in [6, 6.07) is 11.6. The van der Waals surface area contributed by atoms with Gasteiger partial charge in [0.15, 0.2) is 0 Å². The van der Waals surface area contributed by atoms with Crippen LogP contribution in [0, 0.1) is 17.0 Å². The van der Waals surface area contributed by atoms with E-state index in [1.54, 1.807) is 25.1 Å². The number of carbonyl (C=O) groups excluding carboxylic acids is 1. The highest BCUT2D eigenvalue weighted by Crippen LogP contribution is 2.19. The Bertz CT molecular complexity index is 1230. The van der Waals surface area contributed by atoms with Crippen LogP contribution in [0.25, 0.3) is 10.8 Å². The Hall–Kier alpha value is -3.59. The number of nitro groups is 1. The van der Waals surface area contributed by atoms with Crippen LogP contribution >= 0.6 is 0 Å². The Labute approximate surface area is 184 Å². The molecule has 3 aromatic rings. The quantitative estimate of drug-likeness (QED) is 0.451. The van der Waals surface area contributed by atoms with E-state index in [4.69, 9.17) is 0 Å². The van der Waals surface area contributed by atoms with Gasteiger partial charge in [-0.3, -0.25) is 19.7 Å². The maximum Gasteiger partial charge on any atom is 0.274 e. The number of nitro benzene ring substituents is 1. The number of likely N-dealkylation sites (tertiary alicyclic amines) is 1. The predicted octanol–water partition coefficient (Wildman–Crippen LogP) is 2.64. The summed E-state index contributed by atoms with van der Waals surface area (Å²) in [6.45, 7) is 5.03. The molecule has 1 saturated heterocycles. The third-order valence-corrected chi connectivity index (χ3v) is 5.86. The molecule has 1 aromatic heterocycles. The van der Waals surface area contributed by atoms with Crippen LogP contribution in [-0.4, -0.2) is 45.1 Å². The molecule has 1 amide bonds. The van der Waals surface area contributed by atoms with E-state index in [2.05, 4.69) is 15.3 Å². The number of aryl methyl sites for hydroxylation is 1. The number of hydrogen-bond donors (Lipinski definition) is 1. The molecule has 2 heterocycles. The van der Waals surface area contributed by atoms with Gasteiger partial charge in [0.2, 0.25) is 0 Å². The third-order valence-electron chi connectivity index (χ3n) is 5.86. The molecule has 9 nitrogen and oxygen atoms in total. The molecule has 2 aromatic carbocycles. The Morgan fingerprint density at radius 1 is 1.12 bits per heavy atom. The fraction of sp³-hybridized carbons (Fsp3) is 0.348. The molecule has 4 rings (SSSR count). The Kier molecular flexibility index (Phi) is 6.27. The van der Waals surface area contributed by atoms with Crippen molar-refractivity contribution in [1.29, 1.82) is 0 Å². The van der Waals surface area contributed by atoms with Gasteiger partial charge in [-0.25, -0.2) is 4.68 Å². The van der Waals surface area contributed by atoms with Crippen LogP contribution in [0.15, 0.2) is 47.3 Å². The van der Waals surface area contributed by atoms with Crippen LogP contribution in [0.1, 0.15) is 34.5 Å². The standard InChI is InChI=1S/C23H25N5O4/c1-16-8-9-17(14-21(16)28(31)32)22(29)24-15-20-18-6-2-3-7-19(18)23(30)27(25-20)13-12-26-10-4-5-11-26/h2-3,6-9,14H,4-5,10-13,15H2,1H3,(H,24,29). The number of rotatable bonds is 7. The van der Waals surface area contributed by atoms with Crippen molar-refractivity contribution in [2.24, 2.45) is 0 Å². The molecule has 0 atom stereocenters. The number of carbonyl (C=O) groups is 1. The molecule has 0 bridgehead atoms. The van der Waals surface area contributed by atoms with Gasteiger partial charge in [-0.05, 0) is 45.0 Å². The van der Waals surface area contributed by atoms with Gasteiger partial charge in [0, 0.05) is 29.1 Å². The van der Waals surface area contributed by atoms with Crippen molar-refractivity contribution in [3.8, 4) is 0 Å². The highest BCUT2D eigenvalue weighted by molar-refractivity contribution is 5.95. The zero-order valence-electron chi connectivity index (χ0n) is 17.9. The van der Waals surface area contributed by atoms with E-state index < -0.39 is 10.8 Å². The molecule has 1 aliphatic rings. The SMILES string of the molecule is Cc1ccc(C(=O)NCc2nn(CCN3CCCC3)c(=O)c3ccccc23)cc1[N+](=O)[O-]. The first kappa shape index (κ1) is 21.6. The first-order valence-electron chi connectivity index (χ1n) is 10.7. The lowest BCUT2D eigenvalue weighted by atomic mass is 10.1. The summed E-state index contributed by atoms with van der Waals surface area (Å²) in [5.41, 5.74) is 1.02. The number of benzene rings is 2. The second kappa shape index (κ2) is 9.27. The first-order chi connectivity index (χ1) is 15.4. The van der Waals surface area contributed by atoms with E-state index in [-0.39, 0.29) is 23.4 Å². The molecule has 0 radical (unpaired) electrons. The van der Waals surface area contributed by atoms with Gasteiger partial charge < -0.3 is 10.2 Å². The van der Waals surface area contributed by atoms with Gasteiger partial charge in [-0.15, -0.1) is 0 Å². The lowest BCUT2D eigenvalue weighted by Gasteiger charge is -2.16. The minimum atomic E-state index is -0.503. The van der Waals surface area contributed by atoms with Crippen molar-refractivity contribution in [2.75, 3.05) is 19.6 Å². The van der Waals surface area contributed by atoms with E-state index in [0.29, 0.717) is 28.6 Å². The lowest BCUT2D eigenvalue weighted by molar-refractivity contribution is -0.385. The molecule has 0 aliphatic carbocycles. The zero-order chi connectivity index (χ0) is 22.7. The summed E-state index contributed by atoms with van der Waals surface area (Å²) in [4.78, 5) is 38.6. The van der Waals surface area contributed by atoms with Crippen molar-refractivity contribution < 1.29 is 9.72 Å². The molecule has 1 fully saturated rings. The molecule has 32 heavy (non-hydrogen) atoms. The number of fused-ring (bicyclic) bond motifs is 1. The second-order valence-electron chi connectivity index (χ2n) is 8.01. The molecular weight excluding hydrogens is 410 g/mol. The summed E-state index contributed by atoms with van der Waals surface area (Å²) >= 11 is 0. The van der Waals surface area contributed by atoms with Crippen LogP contribution in [0.3, 0.4) is 0 Å². The maximum absolute atomic E-state index is 12.9. The molecule has 0 spiro atoms. The van der Waals surface area contributed by atoms with Gasteiger partial charge in [-0.1, -0.05) is 24.3 Å². The summed E-state index contributed by atoms with van der Waals surface area (Å²) in [5.74, 6) is -0.436. The Balaban J connectivity index is 1.57. The first-order valence-corrected chi connectivity index (χ1v) is 10.7. The van der Waals surface area contributed by atoms with Gasteiger partial charge >= 0.3 is 0 Å². The number of aromatic nitrogens is 2. The van der Waals surface area contributed by atoms with Crippen LogP contribution in [0.2, 0.25) is 0 Å². The smallest absolute Gasteiger partial charge is 0.274 e. The zero-order valence-corrected chi connectivity index (χ0v) is 17.9. The maximum atomic E-state index is 12.9. The minimum Gasteiger partial charge on any atom is -0.346 e. The highest BCUT2D eigenvalue weighted by atomic mass is 16.6. The van der Waals surface area contributed by atoms with Gasteiger partial charge in [0.25, 0.3) is 17.2 Å². The van der Waals surface area contributed by atoms with Crippen molar-refractivity contribution in [2.45, 2.75) is 32.9 Å². The topological polar surface area (TPSA) is 110 Å². The average molecular weight is 435 g/mol. The largest absolute Gasteiger partial charge is 0.346 e. The third kappa shape index (κ3) is 4.52. The number of nitrogens with one attached hydrogen (secondary N) is 1. The van der Waals surface area contributed by atoms with Crippen LogP contribution in [0.5, 0.6) is 0 Å². The number of amides is 1. The molecule has 166 valence electrons. The van der Waals surface area contributed by atoms with E-state index >= 15 is 0 Å². The molecule has 1 aliphatic heterocycles. The monoisotopic (exact) mass is 435 g/mol. The number of nitrogens with zero attached hydrogens (tertiary/aromatic N) is 4. The average Bonchev–Trinajstić information content (AvgIpc) is 3.31. The summed E-state index contributed by atoms with van der Waals surface area (Å²) in [7, 11) is 0. The summed E-state index contributed by atoms with van der Waals surface area (Å²) < 4.78 is 1.47. The highest BCUT2D eigenvalue weighted by Gasteiger charge is 2.17. The molecule has 0 saturated carbocycles. The molecular formula is C23H25N5O4. The molecule has 1 N–H and O–H groups in total. The van der Waals surface area contributed by atoms with Gasteiger partial charge in [-0.2, -0.15) is 5.10 Å². The Morgan fingerprint density at radius 2 is 1.84 bits per heavy atom. The van der Waals surface area contributed by atoms with Gasteiger partial charge in [0.1, 0.15) is 0 Å². The van der Waals surface area contributed by atoms with Crippen molar-refractivity contribution in [3.05, 3.63) is 79.8 Å².